The molecule has 0 saturated heterocycles. The molecule has 0 amide bonds. The Morgan fingerprint density at radius 1 is 1.39 bits per heavy atom. The molecule has 0 radical (unpaired) electrons. The molecule has 18 heavy (non-hydrogen) atoms. The normalized spacial score (nSPS) is 24.3. The Kier molecular flexibility index (Phi) is 3.59. The molecule has 1 saturated carbocycles. The Morgan fingerprint density at radius 3 is 2.67 bits per heavy atom. The van der Waals surface area contributed by atoms with E-state index < -0.39 is 15.8 Å². The minimum atomic E-state index is -3.66. The molecule has 0 spiro atoms. The Bertz CT molecular complexity index is 545. The van der Waals surface area contributed by atoms with Crippen LogP contribution in [0.15, 0.2) is 23.1 Å². The van der Waals surface area contributed by atoms with Gasteiger partial charge in [0.25, 0.3) is 0 Å². The Hall–Kier alpha value is -1.14. The van der Waals surface area contributed by atoms with Crippen molar-refractivity contribution in [1.29, 1.82) is 0 Å². The van der Waals surface area contributed by atoms with Crippen molar-refractivity contribution in [2.24, 2.45) is 5.92 Å². The Labute approximate surface area is 106 Å². The SMILES string of the molecule is CC1CCCC1NS(=O)(=O)c1ccc(N)c(F)c1. The fraction of sp³-hybridized carbons (Fsp3) is 0.500. The first-order valence-corrected chi connectivity index (χ1v) is 7.46. The van der Waals surface area contributed by atoms with Crippen molar-refractivity contribution in [2.45, 2.75) is 37.1 Å². The maximum absolute atomic E-state index is 13.3. The number of nitrogens with one attached hydrogen (secondary N) is 1. The summed E-state index contributed by atoms with van der Waals surface area (Å²) in [7, 11) is -3.66. The number of sulfonamides is 1. The zero-order chi connectivity index (χ0) is 13.3. The van der Waals surface area contributed by atoms with Crippen LogP contribution in [0.2, 0.25) is 0 Å². The number of halogens is 1. The molecule has 2 rings (SSSR count). The molecule has 0 bridgehead atoms. The average Bonchev–Trinajstić information content (AvgIpc) is 2.67. The van der Waals surface area contributed by atoms with Gasteiger partial charge in [0.05, 0.1) is 10.6 Å². The Morgan fingerprint density at radius 2 is 2.11 bits per heavy atom. The van der Waals surface area contributed by atoms with E-state index in [1.54, 1.807) is 0 Å². The van der Waals surface area contributed by atoms with E-state index in [-0.39, 0.29) is 16.6 Å². The quantitative estimate of drug-likeness (QED) is 0.825. The second-order valence-electron chi connectivity index (χ2n) is 4.82. The summed E-state index contributed by atoms with van der Waals surface area (Å²) >= 11 is 0. The van der Waals surface area contributed by atoms with E-state index in [4.69, 9.17) is 5.73 Å². The lowest BCUT2D eigenvalue weighted by Crippen LogP contribution is -2.36. The largest absolute Gasteiger partial charge is 0.396 e. The van der Waals surface area contributed by atoms with E-state index in [9.17, 15) is 12.8 Å². The molecular formula is C12H17FN2O2S. The minimum absolute atomic E-state index is 0.0526. The highest BCUT2D eigenvalue weighted by Crippen LogP contribution is 2.26. The monoisotopic (exact) mass is 272 g/mol. The molecule has 0 aromatic heterocycles. The molecule has 1 aromatic rings. The van der Waals surface area contributed by atoms with Gasteiger partial charge in [0.15, 0.2) is 0 Å². The standard InChI is InChI=1S/C12H17FN2O2S/c1-8-3-2-4-12(8)15-18(16,17)9-5-6-11(14)10(13)7-9/h5-8,12,15H,2-4,14H2,1H3. The van der Waals surface area contributed by atoms with Crippen LogP contribution in [0.5, 0.6) is 0 Å². The van der Waals surface area contributed by atoms with Crippen LogP contribution in [0, 0.1) is 11.7 Å². The number of anilines is 1. The van der Waals surface area contributed by atoms with Crippen molar-refractivity contribution < 1.29 is 12.8 Å². The molecule has 0 heterocycles. The van der Waals surface area contributed by atoms with Crippen LogP contribution >= 0.6 is 0 Å². The highest BCUT2D eigenvalue weighted by Gasteiger charge is 2.28. The van der Waals surface area contributed by atoms with E-state index >= 15 is 0 Å². The molecule has 1 aromatic carbocycles. The fourth-order valence-corrected chi connectivity index (χ4v) is 3.65. The topological polar surface area (TPSA) is 72.2 Å². The first-order chi connectivity index (χ1) is 8.40. The predicted octanol–water partition coefficient (Wildman–Crippen LogP) is 1.87. The molecule has 2 atom stereocenters. The zero-order valence-electron chi connectivity index (χ0n) is 10.2. The summed E-state index contributed by atoms with van der Waals surface area (Å²) in [6.45, 7) is 2.02. The van der Waals surface area contributed by atoms with Gasteiger partial charge < -0.3 is 5.73 Å². The van der Waals surface area contributed by atoms with Crippen LogP contribution < -0.4 is 10.5 Å². The second kappa shape index (κ2) is 4.85. The van der Waals surface area contributed by atoms with E-state index in [0.29, 0.717) is 5.92 Å². The third-order valence-electron chi connectivity index (χ3n) is 3.45. The maximum Gasteiger partial charge on any atom is 0.240 e. The van der Waals surface area contributed by atoms with Crippen molar-refractivity contribution in [2.75, 3.05) is 5.73 Å². The first kappa shape index (κ1) is 13.3. The van der Waals surface area contributed by atoms with Crippen LogP contribution in [0.25, 0.3) is 0 Å². The molecule has 100 valence electrons. The third-order valence-corrected chi connectivity index (χ3v) is 4.94. The summed E-state index contributed by atoms with van der Waals surface area (Å²) in [4.78, 5) is -0.0756. The number of rotatable bonds is 3. The second-order valence-corrected chi connectivity index (χ2v) is 6.53. The van der Waals surface area contributed by atoms with E-state index in [0.717, 1.165) is 25.3 Å². The van der Waals surface area contributed by atoms with Crippen LogP contribution in [-0.2, 0) is 10.0 Å². The molecule has 2 unspecified atom stereocenters. The van der Waals surface area contributed by atoms with Gasteiger partial charge in [-0.2, -0.15) is 0 Å². The van der Waals surface area contributed by atoms with E-state index in [1.165, 1.54) is 12.1 Å². The van der Waals surface area contributed by atoms with Crippen molar-refractivity contribution in [3.63, 3.8) is 0 Å². The first-order valence-electron chi connectivity index (χ1n) is 5.97. The molecule has 0 aliphatic heterocycles. The van der Waals surface area contributed by atoms with Gasteiger partial charge in [-0.25, -0.2) is 17.5 Å². The lowest BCUT2D eigenvalue weighted by Gasteiger charge is -2.17. The van der Waals surface area contributed by atoms with Crippen molar-refractivity contribution in [1.82, 2.24) is 4.72 Å². The number of hydrogen-bond donors (Lipinski definition) is 2. The van der Waals surface area contributed by atoms with Gasteiger partial charge in [0.1, 0.15) is 5.82 Å². The number of nitrogen functional groups attached to an aromatic ring is 1. The summed E-state index contributed by atoms with van der Waals surface area (Å²) in [6, 6.07) is 3.48. The van der Waals surface area contributed by atoms with Crippen molar-refractivity contribution in [3.8, 4) is 0 Å². The molecule has 1 aliphatic rings. The van der Waals surface area contributed by atoms with Crippen LogP contribution in [0.4, 0.5) is 10.1 Å². The number of nitrogens with two attached hydrogens (primary N) is 1. The van der Waals surface area contributed by atoms with Gasteiger partial charge in [0, 0.05) is 6.04 Å². The van der Waals surface area contributed by atoms with Gasteiger partial charge in [-0.15, -0.1) is 0 Å². The molecule has 6 heteroatoms. The summed E-state index contributed by atoms with van der Waals surface area (Å²) in [6.07, 6.45) is 2.87. The maximum atomic E-state index is 13.3. The fourth-order valence-electron chi connectivity index (χ4n) is 2.26. The van der Waals surface area contributed by atoms with Gasteiger partial charge in [-0.05, 0) is 37.0 Å². The molecular weight excluding hydrogens is 255 g/mol. The summed E-state index contributed by atoms with van der Waals surface area (Å²) in [5, 5.41) is 0. The number of hydrogen-bond acceptors (Lipinski definition) is 3. The molecule has 1 aliphatic carbocycles. The molecule has 4 nitrogen and oxygen atoms in total. The van der Waals surface area contributed by atoms with Crippen LogP contribution in [0.3, 0.4) is 0 Å². The number of benzene rings is 1. The zero-order valence-corrected chi connectivity index (χ0v) is 11.0. The molecule has 1 fully saturated rings. The van der Waals surface area contributed by atoms with Crippen molar-refractivity contribution >= 4 is 15.7 Å². The molecule has 3 N–H and O–H groups in total. The van der Waals surface area contributed by atoms with E-state index in [2.05, 4.69) is 4.72 Å². The lowest BCUT2D eigenvalue weighted by atomic mass is 10.1. The van der Waals surface area contributed by atoms with Gasteiger partial charge in [-0.1, -0.05) is 13.3 Å². The summed E-state index contributed by atoms with van der Waals surface area (Å²) in [5.41, 5.74) is 5.27. The predicted molar refractivity (Wildman–Crippen MR) is 67.9 cm³/mol. The Balaban J connectivity index is 2.22. The average molecular weight is 272 g/mol. The highest BCUT2D eigenvalue weighted by molar-refractivity contribution is 7.89. The summed E-state index contributed by atoms with van der Waals surface area (Å²) < 4.78 is 40.1. The highest BCUT2D eigenvalue weighted by atomic mass is 32.2. The van der Waals surface area contributed by atoms with E-state index in [1.807, 2.05) is 6.92 Å². The lowest BCUT2D eigenvalue weighted by molar-refractivity contribution is 0.476. The van der Waals surface area contributed by atoms with Gasteiger partial charge in [-0.3, -0.25) is 0 Å². The summed E-state index contributed by atoms with van der Waals surface area (Å²) in [5.74, 6) is -0.393. The van der Waals surface area contributed by atoms with Gasteiger partial charge >= 0.3 is 0 Å². The minimum Gasteiger partial charge on any atom is -0.396 e. The van der Waals surface area contributed by atoms with Crippen molar-refractivity contribution in [3.05, 3.63) is 24.0 Å². The third kappa shape index (κ3) is 2.64. The van der Waals surface area contributed by atoms with Crippen LogP contribution in [0.1, 0.15) is 26.2 Å². The van der Waals surface area contributed by atoms with Gasteiger partial charge in [0.2, 0.25) is 10.0 Å². The smallest absolute Gasteiger partial charge is 0.240 e. The van der Waals surface area contributed by atoms with Crippen LogP contribution in [-0.4, -0.2) is 14.5 Å².